The summed E-state index contributed by atoms with van der Waals surface area (Å²) in [5.41, 5.74) is 0.0417. The second kappa shape index (κ2) is 8.43. The van der Waals surface area contributed by atoms with Gasteiger partial charge in [0.2, 0.25) is 10.0 Å². The molecule has 0 radical (unpaired) electrons. The van der Waals surface area contributed by atoms with Crippen LogP contribution in [0.15, 0.2) is 65.6 Å². The van der Waals surface area contributed by atoms with E-state index in [0.29, 0.717) is 19.0 Å². The van der Waals surface area contributed by atoms with Crippen molar-refractivity contribution in [2.45, 2.75) is 4.90 Å². The van der Waals surface area contributed by atoms with Crippen LogP contribution in [-0.4, -0.2) is 52.1 Å². The normalized spacial score (nSPS) is 15.1. The van der Waals surface area contributed by atoms with Crippen LogP contribution in [0.1, 0.15) is 10.4 Å². The largest absolute Gasteiger partial charge is 0.496 e. The lowest BCUT2D eigenvalue weighted by atomic mass is 10.1. The Morgan fingerprint density at radius 1 is 0.967 bits per heavy atom. The number of esters is 1. The number of hydrogen-bond donors (Lipinski definition) is 0. The summed E-state index contributed by atoms with van der Waals surface area (Å²) in [6.45, 7) is 1.22. The summed E-state index contributed by atoms with van der Waals surface area (Å²) in [7, 11) is -2.34. The van der Waals surface area contributed by atoms with Gasteiger partial charge in [0.15, 0.2) is 0 Å². The molecule has 0 unspecified atom stereocenters. The highest BCUT2D eigenvalue weighted by molar-refractivity contribution is 7.89. The smallest absolute Gasteiger partial charge is 0.347 e. The quantitative estimate of drug-likeness (QED) is 0.460. The van der Waals surface area contributed by atoms with Gasteiger partial charge in [-0.15, -0.1) is 0 Å². The van der Waals surface area contributed by atoms with Gasteiger partial charge < -0.3 is 14.2 Å². The molecule has 4 rings (SSSR count). The summed E-state index contributed by atoms with van der Waals surface area (Å²) in [6, 6.07) is 17.2. The summed E-state index contributed by atoms with van der Waals surface area (Å²) < 4.78 is 43.2. The molecule has 1 saturated heterocycles. The topological polar surface area (TPSA) is 82.1 Å². The zero-order valence-corrected chi connectivity index (χ0v) is 17.2. The molecule has 3 aromatic rings. The van der Waals surface area contributed by atoms with E-state index < -0.39 is 16.0 Å². The second-order valence-electron chi connectivity index (χ2n) is 6.78. The lowest BCUT2D eigenvalue weighted by Gasteiger charge is -2.26. The van der Waals surface area contributed by atoms with Gasteiger partial charge in [-0.1, -0.05) is 30.3 Å². The Morgan fingerprint density at radius 2 is 1.70 bits per heavy atom. The van der Waals surface area contributed by atoms with Crippen molar-refractivity contribution in [1.29, 1.82) is 0 Å². The van der Waals surface area contributed by atoms with Gasteiger partial charge in [0.1, 0.15) is 17.1 Å². The second-order valence-corrected chi connectivity index (χ2v) is 8.71. The Hall–Kier alpha value is -2.94. The van der Waals surface area contributed by atoms with Crippen LogP contribution in [-0.2, 0) is 14.8 Å². The molecule has 1 heterocycles. The average Bonchev–Trinajstić information content (AvgIpc) is 2.79. The van der Waals surface area contributed by atoms with Gasteiger partial charge in [-0.3, -0.25) is 0 Å². The van der Waals surface area contributed by atoms with E-state index in [0.717, 1.165) is 10.8 Å². The molecule has 1 aliphatic rings. The number of carbonyl (C=O) groups excluding carboxylic acids is 1. The fourth-order valence-electron chi connectivity index (χ4n) is 3.34. The summed E-state index contributed by atoms with van der Waals surface area (Å²) in [5.74, 6) is -0.0925. The Labute approximate surface area is 174 Å². The first-order valence-corrected chi connectivity index (χ1v) is 10.9. The molecule has 0 atom stereocenters. The molecule has 1 aliphatic heterocycles. The summed E-state index contributed by atoms with van der Waals surface area (Å²) in [5, 5.41) is 1.95. The van der Waals surface area contributed by atoms with Crippen LogP contribution in [0.4, 0.5) is 0 Å². The molecule has 0 aliphatic carbocycles. The van der Waals surface area contributed by atoms with Crippen LogP contribution in [0.5, 0.6) is 11.5 Å². The molecule has 1 fully saturated rings. The molecule has 0 saturated carbocycles. The van der Waals surface area contributed by atoms with Gasteiger partial charge in [-0.2, -0.15) is 4.31 Å². The zero-order chi connectivity index (χ0) is 21.1. The van der Waals surface area contributed by atoms with Crippen LogP contribution in [0.2, 0.25) is 0 Å². The minimum atomic E-state index is -3.75. The molecule has 0 bridgehead atoms. The Bertz CT molecular complexity index is 1190. The van der Waals surface area contributed by atoms with Crippen molar-refractivity contribution < 1.29 is 27.4 Å². The molecule has 156 valence electrons. The van der Waals surface area contributed by atoms with Crippen LogP contribution in [0.3, 0.4) is 0 Å². The van der Waals surface area contributed by atoms with E-state index in [9.17, 15) is 13.2 Å². The van der Waals surface area contributed by atoms with E-state index in [2.05, 4.69) is 0 Å². The highest BCUT2D eigenvalue weighted by atomic mass is 32.2. The highest BCUT2D eigenvalue weighted by Crippen LogP contribution is 2.27. The minimum Gasteiger partial charge on any atom is -0.496 e. The van der Waals surface area contributed by atoms with Gasteiger partial charge in [-0.25, -0.2) is 13.2 Å². The number of benzene rings is 3. The van der Waals surface area contributed by atoms with Crippen LogP contribution < -0.4 is 9.47 Å². The fourth-order valence-corrected chi connectivity index (χ4v) is 4.77. The number of rotatable bonds is 5. The van der Waals surface area contributed by atoms with Gasteiger partial charge in [-0.05, 0) is 41.1 Å². The molecule has 0 amide bonds. The summed E-state index contributed by atoms with van der Waals surface area (Å²) in [6.07, 6.45) is 0. The van der Waals surface area contributed by atoms with Crippen molar-refractivity contribution in [2.24, 2.45) is 0 Å². The van der Waals surface area contributed by atoms with Crippen molar-refractivity contribution in [3.63, 3.8) is 0 Å². The first-order chi connectivity index (χ1) is 14.5. The maximum atomic E-state index is 12.9. The molecule has 7 nitrogen and oxygen atoms in total. The van der Waals surface area contributed by atoms with Crippen molar-refractivity contribution in [3.05, 3.63) is 66.2 Å². The SMILES string of the molecule is COc1ccc(S(=O)(=O)N2CCOCC2)cc1C(=O)Oc1ccc2ccccc2c1. The van der Waals surface area contributed by atoms with Gasteiger partial charge in [0, 0.05) is 13.1 Å². The van der Waals surface area contributed by atoms with E-state index in [-0.39, 0.29) is 29.3 Å². The Balaban J connectivity index is 1.64. The van der Waals surface area contributed by atoms with Crippen LogP contribution in [0.25, 0.3) is 10.8 Å². The van der Waals surface area contributed by atoms with E-state index in [1.165, 1.54) is 29.6 Å². The number of methoxy groups -OCH3 is 1. The van der Waals surface area contributed by atoms with Gasteiger partial charge in [0.05, 0.1) is 25.2 Å². The molecular formula is C22H21NO6S. The van der Waals surface area contributed by atoms with Crippen molar-refractivity contribution in [2.75, 3.05) is 33.4 Å². The third-order valence-corrected chi connectivity index (χ3v) is 6.82. The molecule has 0 aromatic heterocycles. The maximum absolute atomic E-state index is 12.9. The predicted molar refractivity (Wildman–Crippen MR) is 111 cm³/mol. The molecule has 0 N–H and O–H groups in total. The van der Waals surface area contributed by atoms with Crippen LogP contribution in [0, 0.1) is 0 Å². The van der Waals surface area contributed by atoms with E-state index in [1.54, 1.807) is 12.1 Å². The molecule has 30 heavy (non-hydrogen) atoms. The fraction of sp³-hybridized carbons (Fsp3) is 0.227. The summed E-state index contributed by atoms with van der Waals surface area (Å²) >= 11 is 0. The Morgan fingerprint density at radius 3 is 2.43 bits per heavy atom. The standard InChI is InChI=1S/C22H21NO6S/c1-27-21-9-8-19(30(25,26)23-10-12-28-13-11-23)15-20(21)22(24)29-18-7-6-16-4-2-3-5-17(16)14-18/h2-9,14-15H,10-13H2,1H3. The van der Waals surface area contributed by atoms with Crippen molar-refractivity contribution >= 4 is 26.8 Å². The van der Waals surface area contributed by atoms with Gasteiger partial charge >= 0.3 is 5.97 Å². The maximum Gasteiger partial charge on any atom is 0.347 e. The first-order valence-electron chi connectivity index (χ1n) is 9.46. The van der Waals surface area contributed by atoms with Gasteiger partial charge in [0.25, 0.3) is 0 Å². The van der Waals surface area contributed by atoms with Crippen LogP contribution >= 0.6 is 0 Å². The zero-order valence-electron chi connectivity index (χ0n) is 16.4. The molecule has 8 heteroatoms. The average molecular weight is 427 g/mol. The molecular weight excluding hydrogens is 406 g/mol. The Kier molecular flexibility index (Phi) is 5.72. The number of carbonyl (C=O) groups is 1. The number of hydrogen-bond acceptors (Lipinski definition) is 6. The number of nitrogens with zero attached hydrogens (tertiary/aromatic N) is 1. The number of fused-ring (bicyclic) bond motifs is 1. The van der Waals surface area contributed by atoms with E-state index in [1.807, 2.05) is 30.3 Å². The minimum absolute atomic E-state index is 0.00987. The number of morpholine rings is 1. The lowest BCUT2D eigenvalue weighted by Crippen LogP contribution is -2.40. The number of ether oxygens (including phenoxy) is 3. The van der Waals surface area contributed by atoms with E-state index in [4.69, 9.17) is 14.2 Å². The third-order valence-electron chi connectivity index (χ3n) is 4.93. The van der Waals surface area contributed by atoms with Crippen molar-refractivity contribution in [1.82, 2.24) is 4.31 Å². The van der Waals surface area contributed by atoms with Crippen molar-refractivity contribution in [3.8, 4) is 11.5 Å². The molecule has 3 aromatic carbocycles. The monoisotopic (exact) mass is 427 g/mol. The molecule has 0 spiro atoms. The third kappa shape index (κ3) is 4.02. The predicted octanol–water partition coefficient (Wildman–Crippen LogP) is 3.09. The highest BCUT2D eigenvalue weighted by Gasteiger charge is 2.28. The number of sulfonamides is 1. The summed E-state index contributed by atoms with van der Waals surface area (Å²) in [4.78, 5) is 12.9. The lowest BCUT2D eigenvalue weighted by molar-refractivity contribution is 0.0725. The first kappa shape index (κ1) is 20.3. The van der Waals surface area contributed by atoms with E-state index >= 15 is 0 Å².